The number of nitrogens with one attached hydrogen (secondary N) is 1. The molecular formula is C35H40FN3O3. The van der Waals surface area contributed by atoms with E-state index in [2.05, 4.69) is 16.3 Å². The van der Waals surface area contributed by atoms with Crippen molar-refractivity contribution in [1.82, 2.24) is 10.2 Å². The second kappa shape index (κ2) is 11.6. The van der Waals surface area contributed by atoms with Crippen LogP contribution >= 0.6 is 0 Å². The van der Waals surface area contributed by atoms with Crippen LogP contribution < -0.4 is 10.1 Å². The minimum atomic E-state index is -0.888. The maximum absolute atomic E-state index is 14.0. The summed E-state index contributed by atoms with van der Waals surface area (Å²) in [6, 6.07) is 17.7. The Kier molecular flexibility index (Phi) is 7.90. The molecule has 2 aliphatic heterocycles. The highest BCUT2D eigenvalue weighted by Crippen LogP contribution is 2.33. The van der Waals surface area contributed by atoms with E-state index in [9.17, 15) is 14.3 Å². The summed E-state index contributed by atoms with van der Waals surface area (Å²) in [7, 11) is 0. The van der Waals surface area contributed by atoms with Crippen LogP contribution in [0.4, 0.5) is 4.39 Å². The van der Waals surface area contributed by atoms with Crippen molar-refractivity contribution >= 4 is 11.6 Å². The first-order valence-corrected chi connectivity index (χ1v) is 15.1. The maximum atomic E-state index is 14.0. The van der Waals surface area contributed by atoms with Crippen LogP contribution in [0.3, 0.4) is 0 Å². The van der Waals surface area contributed by atoms with Crippen molar-refractivity contribution in [3.63, 3.8) is 0 Å². The van der Waals surface area contributed by atoms with Gasteiger partial charge < -0.3 is 20.1 Å². The van der Waals surface area contributed by atoms with Crippen LogP contribution in [0.2, 0.25) is 0 Å². The second-order valence-electron chi connectivity index (χ2n) is 12.7. The van der Waals surface area contributed by atoms with Gasteiger partial charge in [-0.2, -0.15) is 0 Å². The smallest absolute Gasteiger partial charge is 0.270 e. The van der Waals surface area contributed by atoms with E-state index in [0.29, 0.717) is 24.8 Å². The number of carbonyl (C=O) groups excluding carboxylic acids is 1. The van der Waals surface area contributed by atoms with Gasteiger partial charge in [-0.05, 0) is 118 Å². The normalized spacial score (nSPS) is 19.5. The molecule has 6 nitrogen and oxygen atoms in total. The molecule has 220 valence electrons. The number of aliphatic hydroxyl groups is 1. The van der Waals surface area contributed by atoms with Crippen molar-refractivity contribution in [3.05, 3.63) is 88.7 Å². The van der Waals surface area contributed by atoms with Gasteiger partial charge in [-0.1, -0.05) is 36.4 Å². The van der Waals surface area contributed by atoms with Crippen LogP contribution in [0.5, 0.6) is 5.75 Å². The van der Waals surface area contributed by atoms with Gasteiger partial charge in [0.25, 0.3) is 5.91 Å². The van der Waals surface area contributed by atoms with E-state index in [4.69, 9.17) is 9.73 Å². The number of aryl methyl sites for hydroxylation is 1. The lowest BCUT2D eigenvalue weighted by Crippen LogP contribution is -2.50. The summed E-state index contributed by atoms with van der Waals surface area (Å²) in [4.78, 5) is 21.2. The van der Waals surface area contributed by atoms with E-state index in [0.717, 1.165) is 77.9 Å². The molecule has 3 aliphatic rings. The van der Waals surface area contributed by atoms with Gasteiger partial charge in [0.2, 0.25) is 0 Å². The topological polar surface area (TPSA) is 74.2 Å². The Morgan fingerprint density at radius 3 is 2.48 bits per heavy atom. The number of fused-ring (bicyclic) bond motifs is 1. The Bertz CT molecular complexity index is 1490. The summed E-state index contributed by atoms with van der Waals surface area (Å²) in [6.07, 6.45) is 4.51. The molecule has 0 radical (unpaired) electrons. The maximum Gasteiger partial charge on any atom is 0.270 e. The third-order valence-electron chi connectivity index (χ3n) is 8.50. The number of nitrogens with zero attached hydrogens (tertiary/aromatic N) is 2. The van der Waals surface area contributed by atoms with Crippen LogP contribution in [-0.2, 0) is 11.2 Å². The Hall–Kier alpha value is -3.55. The van der Waals surface area contributed by atoms with Crippen LogP contribution in [0.15, 0.2) is 65.7 Å². The minimum Gasteiger partial charge on any atom is -0.490 e. The van der Waals surface area contributed by atoms with E-state index in [1.54, 1.807) is 12.1 Å². The van der Waals surface area contributed by atoms with Crippen LogP contribution in [0.25, 0.3) is 11.1 Å². The second-order valence-corrected chi connectivity index (χ2v) is 12.7. The number of halogens is 1. The summed E-state index contributed by atoms with van der Waals surface area (Å²) in [6.45, 7) is 8.51. The first kappa shape index (κ1) is 28.6. The highest BCUT2D eigenvalue weighted by atomic mass is 19.1. The summed E-state index contributed by atoms with van der Waals surface area (Å²) in [5.74, 6) is 0.295. The van der Waals surface area contributed by atoms with Crippen molar-refractivity contribution in [3.8, 4) is 16.9 Å². The fourth-order valence-electron chi connectivity index (χ4n) is 6.13. The molecule has 6 rings (SSSR count). The molecule has 0 spiro atoms. The molecule has 2 heterocycles. The van der Waals surface area contributed by atoms with Crippen LogP contribution in [-0.4, -0.2) is 58.9 Å². The first-order chi connectivity index (χ1) is 20.1. The summed E-state index contributed by atoms with van der Waals surface area (Å²) in [5.41, 5.74) is 5.36. The minimum absolute atomic E-state index is 0.271. The summed E-state index contributed by atoms with van der Waals surface area (Å²) in [5, 5.41) is 14.8. The number of hydrogen-bond donors (Lipinski definition) is 2. The number of aliphatic hydroxyl groups excluding tert-OH is 1. The average Bonchev–Trinajstić information content (AvgIpc) is 3.63. The lowest BCUT2D eigenvalue weighted by Gasteiger charge is -2.32. The number of amides is 1. The highest BCUT2D eigenvalue weighted by molar-refractivity contribution is 6.46. The van der Waals surface area contributed by atoms with E-state index < -0.39 is 17.7 Å². The quantitative estimate of drug-likeness (QED) is 0.343. The van der Waals surface area contributed by atoms with E-state index >= 15 is 0 Å². The van der Waals surface area contributed by atoms with Gasteiger partial charge in [0.1, 0.15) is 23.4 Å². The Morgan fingerprint density at radius 2 is 1.79 bits per heavy atom. The van der Waals surface area contributed by atoms with Crippen molar-refractivity contribution in [1.29, 1.82) is 0 Å². The highest BCUT2D eigenvalue weighted by Gasteiger charge is 2.34. The van der Waals surface area contributed by atoms with Gasteiger partial charge in [-0.15, -0.1) is 0 Å². The molecule has 2 fully saturated rings. The van der Waals surface area contributed by atoms with Gasteiger partial charge in [0, 0.05) is 12.1 Å². The predicted molar refractivity (Wildman–Crippen MR) is 164 cm³/mol. The molecule has 0 aromatic heterocycles. The average molecular weight is 570 g/mol. The zero-order valence-electron chi connectivity index (χ0n) is 24.7. The molecule has 0 bridgehead atoms. The molecule has 42 heavy (non-hydrogen) atoms. The van der Waals surface area contributed by atoms with Gasteiger partial charge in [-0.25, -0.2) is 4.39 Å². The summed E-state index contributed by atoms with van der Waals surface area (Å²) < 4.78 is 19.5. The number of benzene rings is 3. The van der Waals surface area contributed by atoms with Crippen molar-refractivity contribution < 1.29 is 19.0 Å². The SMILES string of the molecule is Cc1cc([C@@H](O)[C@@H](CN2CCCC2)NC(=O)C2=NC(C)(C)Cc3cc(-c4ccc(F)cc4)ccc32)ccc1OC1CC1. The van der Waals surface area contributed by atoms with E-state index in [1.807, 2.05) is 51.1 Å². The predicted octanol–water partition coefficient (Wildman–Crippen LogP) is 5.78. The standard InChI is InChI=1S/C35H40FN3O3/c1-22-18-25(9-15-31(22)42-28-12-13-28)33(40)30(21-39-16-4-5-17-39)37-34(41)32-29-14-8-24(23-6-10-27(36)11-7-23)19-26(29)20-35(2,3)38-32/h6-11,14-15,18-19,28,30,33,40H,4-5,12-13,16-17,20-21H2,1-3H3,(H,37,41)/t30-,33-/m1/s1. The molecule has 1 aliphatic carbocycles. The third-order valence-corrected chi connectivity index (χ3v) is 8.50. The Morgan fingerprint density at radius 1 is 1.07 bits per heavy atom. The lowest BCUT2D eigenvalue weighted by molar-refractivity contribution is -0.116. The number of aliphatic imine (C=N–C) groups is 1. The summed E-state index contributed by atoms with van der Waals surface area (Å²) >= 11 is 0. The van der Waals surface area contributed by atoms with E-state index in [-0.39, 0.29) is 11.7 Å². The number of rotatable bonds is 9. The monoisotopic (exact) mass is 569 g/mol. The zero-order valence-corrected chi connectivity index (χ0v) is 24.7. The molecule has 3 aromatic carbocycles. The molecule has 0 unspecified atom stereocenters. The van der Waals surface area contributed by atoms with Crippen LogP contribution in [0.1, 0.15) is 67.9 Å². The molecule has 2 atom stereocenters. The van der Waals surface area contributed by atoms with Crippen molar-refractivity contribution in [2.45, 2.75) is 76.7 Å². The molecule has 1 saturated heterocycles. The fourth-order valence-corrected chi connectivity index (χ4v) is 6.13. The first-order valence-electron chi connectivity index (χ1n) is 15.1. The molecular weight excluding hydrogens is 529 g/mol. The van der Waals surface area contributed by atoms with Crippen molar-refractivity contribution in [2.24, 2.45) is 4.99 Å². The van der Waals surface area contributed by atoms with E-state index in [1.165, 1.54) is 12.1 Å². The van der Waals surface area contributed by atoms with Gasteiger partial charge in [0.15, 0.2) is 0 Å². The molecule has 7 heteroatoms. The number of hydrogen-bond acceptors (Lipinski definition) is 5. The molecule has 1 saturated carbocycles. The number of ether oxygens (including phenoxy) is 1. The van der Waals surface area contributed by atoms with Crippen molar-refractivity contribution in [2.75, 3.05) is 19.6 Å². The lowest BCUT2D eigenvalue weighted by atomic mass is 9.85. The molecule has 1 amide bonds. The third kappa shape index (κ3) is 6.42. The molecule has 2 N–H and O–H groups in total. The van der Waals surface area contributed by atoms with Gasteiger partial charge in [-0.3, -0.25) is 9.79 Å². The largest absolute Gasteiger partial charge is 0.490 e. The van der Waals surface area contributed by atoms with Gasteiger partial charge in [0.05, 0.1) is 17.7 Å². The molecule has 3 aromatic rings. The number of likely N-dealkylation sites (tertiary alicyclic amines) is 1. The number of carbonyl (C=O) groups is 1. The fraction of sp³-hybridized carbons (Fsp3) is 0.429. The van der Waals surface area contributed by atoms with Crippen LogP contribution in [0, 0.1) is 12.7 Å². The Labute approximate surface area is 247 Å². The Balaban J connectivity index is 1.26. The zero-order chi connectivity index (χ0) is 29.4. The van der Waals surface area contributed by atoms with Gasteiger partial charge >= 0.3 is 0 Å².